The molecule has 3 aromatic rings. The van der Waals surface area contributed by atoms with Gasteiger partial charge in [0.15, 0.2) is 0 Å². The lowest BCUT2D eigenvalue weighted by Gasteiger charge is -2.13. The maximum Gasteiger partial charge on any atom is 0.00610 e. The van der Waals surface area contributed by atoms with E-state index in [2.05, 4.69) is 73.7 Å². The molecule has 0 saturated carbocycles. The highest BCUT2D eigenvalue weighted by Gasteiger charge is 2.07. The maximum absolute atomic E-state index is 3.12. The third kappa shape index (κ3) is 2.65. The van der Waals surface area contributed by atoms with E-state index in [0.29, 0.717) is 5.92 Å². The molecule has 0 amide bonds. The highest BCUT2D eigenvalue weighted by Crippen LogP contribution is 2.26. The zero-order chi connectivity index (χ0) is 13.8. The second-order valence-electron chi connectivity index (χ2n) is 5.05. The number of hydrogen-bond acceptors (Lipinski definition) is 0. The van der Waals surface area contributed by atoms with Crippen LogP contribution in [0.3, 0.4) is 0 Å². The molecule has 20 heavy (non-hydrogen) atoms. The zero-order valence-corrected chi connectivity index (χ0v) is 11.6. The van der Waals surface area contributed by atoms with Gasteiger partial charge in [-0.3, -0.25) is 0 Å². The summed E-state index contributed by atoms with van der Waals surface area (Å²) in [6.07, 6.45) is 0. The minimum atomic E-state index is 0.424. The van der Waals surface area contributed by atoms with Gasteiger partial charge in [0.1, 0.15) is 0 Å². The molecule has 0 aliphatic rings. The first-order valence-corrected chi connectivity index (χ1v) is 6.96. The standard InChI is InChI=1S/C20H17/c1-16(17-8-4-2-5-9-17)18-12-14-20(15-13-18)19-10-6-3-7-11-19/h2-6,8-16H,1H3. The Morgan fingerprint density at radius 2 is 1.40 bits per heavy atom. The fourth-order valence-electron chi connectivity index (χ4n) is 2.47. The molecule has 0 heterocycles. The first kappa shape index (κ1) is 12.7. The molecule has 0 aliphatic carbocycles. The van der Waals surface area contributed by atoms with Crippen molar-refractivity contribution in [1.29, 1.82) is 0 Å². The van der Waals surface area contributed by atoms with Crippen LogP contribution in [0.2, 0.25) is 0 Å². The molecular weight excluding hydrogens is 240 g/mol. The lowest BCUT2D eigenvalue weighted by Crippen LogP contribution is -1.95. The molecule has 0 aliphatic heterocycles. The van der Waals surface area contributed by atoms with Gasteiger partial charge >= 0.3 is 0 Å². The van der Waals surface area contributed by atoms with Crippen molar-refractivity contribution in [3.05, 3.63) is 96.1 Å². The van der Waals surface area contributed by atoms with E-state index in [1.165, 1.54) is 22.3 Å². The van der Waals surface area contributed by atoms with Crippen LogP contribution in [-0.4, -0.2) is 0 Å². The summed E-state index contributed by atoms with van der Waals surface area (Å²) < 4.78 is 0. The first-order chi connectivity index (χ1) is 9.84. The summed E-state index contributed by atoms with van der Waals surface area (Å²) in [7, 11) is 0. The van der Waals surface area contributed by atoms with Gasteiger partial charge in [0.05, 0.1) is 0 Å². The Bertz CT molecular complexity index is 651. The van der Waals surface area contributed by atoms with Crippen molar-refractivity contribution in [2.75, 3.05) is 0 Å². The van der Waals surface area contributed by atoms with Gasteiger partial charge in [0.25, 0.3) is 0 Å². The summed E-state index contributed by atoms with van der Waals surface area (Å²) in [4.78, 5) is 0. The predicted molar refractivity (Wildman–Crippen MR) is 84.7 cm³/mol. The largest absolute Gasteiger partial charge is 0.0622 e. The van der Waals surface area contributed by atoms with Crippen molar-refractivity contribution in [2.45, 2.75) is 12.8 Å². The van der Waals surface area contributed by atoms with Crippen molar-refractivity contribution in [2.24, 2.45) is 0 Å². The fourth-order valence-corrected chi connectivity index (χ4v) is 2.47. The first-order valence-electron chi connectivity index (χ1n) is 6.96. The zero-order valence-electron chi connectivity index (χ0n) is 11.6. The molecule has 0 saturated heterocycles. The Labute approximate surface area is 120 Å². The van der Waals surface area contributed by atoms with E-state index in [1.807, 2.05) is 18.2 Å². The molecule has 0 aromatic heterocycles. The van der Waals surface area contributed by atoms with Crippen LogP contribution in [0.1, 0.15) is 24.0 Å². The van der Waals surface area contributed by atoms with Crippen LogP contribution in [0.4, 0.5) is 0 Å². The molecule has 0 bridgehead atoms. The average molecular weight is 257 g/mol. The van der Waals surface area contributed by atoms with Gasteiger partial charge in [-0.25, -0.2) is 0 Å². The molecule has 0 fully saturated rings. The quantitative estimate of drug-likeness (QED) is 0.597. The topological polar surface area (TPSA) is 0 Å². The molecule has 3 rings (SSSR count). The van der Waals surface area contributed by atoms with Gasteiger partial charge < -0.3 is 0 Å². The second-order valence-corrected chi connectivity index (χ2v) is 5.05. The normalized spacial score (nSPS) is 12.1. The van der Waals surface area contributed by atoms with Crippen LogP contribution in [0.25, 0.3) is 11.1 Å². The molecule has 1 radical (unpaired) electrons. The monoisotopic (exact) mass is 257 g/mol. The third-order valence-corrected chi connectivity index (χ3v) is 3.75. The van der Waals surface area contributed by atoms with Crippen molar-refractivity contribution in [1.82, 2.24) is 0 Å². The average Bonchev–Trinajstić information content (AvgIpc) is 2.56. The SMILES string of the molecule is CC(c1ccccc1)c1ccc(-c2c[c]ccc2)cc1. The van der Waals surface area contributed by atoms with E-state index < -0.39 is 0 Å². The number of rotatable bonds is 3. The Kier molecular flexibility index (Phi) is 3.64. The van der Waals surface area contributed by atoms with Crippen molar-refractivity contribution in [3.8, 4) is 11.1 Å². The van der Waals surface area contributed by atoms with Gasteiger partial charge in [-0.15, -0.1) is 0 Å². The summed E-state index contributed by atoms with van der Waals surface area (Å²) in [6, 6.07) is 30.7. The lowest BCUT2D eigenvalue weighted by atomic mass is 9.92. The van der Waals surface area contributed by atoms with Crippen LogP contribution in [0.5, 0.6) is 0 Å². The predicted octanol–water partition coefficient (Wildman–Crippen LogP) is 5.31. The van der Waals surface area contributed by atoms with Gasteiger partial charge in [-0.05, 0) is 34.4 Å². The van der Waals surface area contributed by atoms with Crippen molar-refractivity contribution in [3.63, 3.8) is 0 Å². The minimum absolute atomic E-state index is 0.424. The van der Waals surface area contributed by atoms with Gasteiger partial charge in [-0.1, -0.05) is 79.7 Å². The Hall–Kier alpha value is -2.34. The van der Waals surface area contributed by atoms with Crippen molar-refractivity contribution < 1.29 is 0 Å². The molecule has 3 aromatic carbocycles. The molecule has 1 atom stereocenters. The van der Waals surface area contributed by atoms with Gasteiger partial charge in [0.2, 0.25) is 0 Å². The molecule has 0 N–H and O–H groups in total. The molecule has 0 heteroatoms. The van der Waals surface area contributed by atoms with E-state index in [9.17, 15) is 0 Å². The van der Waals surface area contributed by atoms with E-state index in [0.717, 1.165) is 0 Å². The number of benzene rings is 3. The summed E-state index contributed by atoms with van der Waals surface area (Å²) in [5.74, 6) is 0.424. The van der Waals surface area contributed by atoms with Gasteiger partial charge in [-0.2, -0.15) is 0 Å². The summed E-state index contributed by atoms with van der Waals surface area (Å²) >= 11 is 0. The summed E-state index contributed by atoms with van der Waals surface area (Å²) in [6.45, 7) is 2.25. The number of hydrogen-bond donors (Lipinski definition) is 0. The van der Waals surface area contributed by atoms with Crippen LogP contribution in [0.15, 0.2) is 78.9 Å². The van der Waals surface area contributed by atoms with E-state index in [1.54, 1.807) is 0 Å². The summed E-state index contributed by atoms with van der Waals surface area (Å²) in [5.41, 5.74) is 5.16. The summed E-state index contributed by atoms with van der Waals surface area (Å²) in [5, 5.41) is 0. The van der Waals surface area contributed by atoms with Crippen LogP contribution >= 0.6 is 0 Å². The van der Waals surface area contributed by atoms with Crippen LogP contribution in [0, 0.1) is 6.07 Å². The van der Waals surface area contributed by atoms with E-state index in [-0.39, 0.29) is 0 Å². The van der Waals surface area contributed by atoms with Crippen LogP contribution < -0.4 is 0 Å². The highest BCUT2D eigenvalue weighted by molar-refractivity contribution is 5.63. The third-order valence-electron chi connectivity index (χ3n) is 3.75. The lowest BCUT2D eigenvalue weighted by molar-refractivity contribution is 0.923. The Morgan fingerprint density at radius 3 is 2.05 bits per heavy atom. The maximum atomic E-state index is 3.12. The van der Waals surface area contributed by atoms with Gasteiger partial charge in [0, 0.05) is 5.92 Å². The smallest absolute Gasteiger partial charge is 0.00610 e. The highest BCUT2D eigenvalue weighted by atomic mass is 14.1. The van der Waals surface area contributed by atoms with Crippen molar-refractivity contribution >= 4 is 0 Å². The second kappa shape index (κ2) is 5.75. The Morgan fingerprint density at radius 1 is 0.700 bits per heavy atom. The molecular formula is C20H17. The fraction of sp³-hybridized carbons (Fsp3) is 0.100. The molecule has 0 nitrogen and oxygen atoms in total. The van der Waals surface area contributed by atoms with Crippen LogP contribution in [-0.2, 0) is 0 Å². The Balaban J connectivity index is 1.87. The van der Waals surface area contributed by atoms with E-state index >= 15 is 0 Å². The minimum Gasteiger partial charge on any atom is -0.0622 e. The molecule has 1 unspecified atom stereocenters. The van der Waals surface area contributed by atoms with E-state index in [4.69, 9.17) is 0 Å². The molecule has 97 valence electrons. The molecule has 0 spiro atoms.